The van der Waals surface area contributed by atoms with E-state index in [1.807, 2.05) is 0 Å². The number of anilines is 1. The van der Waals surface area contributed by atoms with Crippen LogP contribution in [-0.4, -0.2) is 69.3 Å². The second-order valence-corrected chi connectivity index (χ2v) is 11.0. The highest BCUT2D eigenvalue weighted by Crippen LogP contribution is 2.26. The predicted octanol–water partition coefficient (Wildman–Crippen LogP) is 1.42. The van der Waals surface area contributed by atoms with Gasteiger partial charge in [0, 0.05) is 38.3 Å². The number of para-hydroxylation sites is 1. The molecule has 2 aromatic rings. The molecule has 0 saturated carbocycles. The van der Waals surface area contributed by atoms with Crippen LogP contribution in [0.3, 0.4) is 0 Å². The van der Waals surface area contributed by atoms with Gasteiger partial charge in [-0.2, -0.15) is 4.31 Å². The highest BCUT2D eigenvalue weighted by atomic mass is 32.2. The maximum atomic E-state index is 13.1. The summed E-state index contributed by atoms with van der Waals surface area (Å²) in [5, 5.41) is 11.0. The second kappa shape index (κ2) is 8.84. The molecule has 1 amide bonds. The molecule has 2 aromatic carbocycles. The summed E-state index contributed by atoms with van der Waals surface area (Å²) in [5.74, 6) is -0.430. The SMILES string of the molecule is Cc1ccc([N+](=O)[O-])cc1S(=O)(=O)N1CCN(C(=O)c2ccccc2NS(C)(=O)=O)CC1. The topological polar surface area (TPSA) is 147 Å². The molecule has 0 aromatic heterocycles. The van der Waals surface area contributed by atoms with Gasteiger partial charge in [0.15, 0.2) is 0 Å². The summed E-state index contributed by atoms with van der Waals surface area (Å²) < 4.78 is 52.8. The Hall–Kier alpha value is -3.03. The van der Waals surface area contributed by atoms with Gasteiger partial charge in [0.1, 0.15) is 0 Å². The number of sulfonamides is 2. The molecule has 13 heteroatoms. The first-order chi connectivity index (χ1) is 14.9. The molecule has 3 rings (SSSR count). The number of carbonyl (C=O) groups excluding carboxylic acids is 1. The first-order valence-electron chi connectivity index (χ1n) is 9.51. The molecule has 32 heavy (non-hydrogen) atoms. The number of non-ortho nitro benzene ring substituents is 1. The van der Waals surface area contributed by atoms with Crippen molar-refractivity contribution in [3.8, 4) is 0 Å². The van der Waals surface area contributed by atoms with Crippen molar-refractivity contribution >= 4 is 37.3 Å². The zero-order valence-electron chi connectivity index (χ0n) is 17.4. The zero-order chi connectivity index (χ0) is 23.7. The fourth-order valence-corrected chi connectivity index (χ4v) is 5.62. The van der Waals surface area contributed by atoms with Crippen molar-refractivity contribution in [2.75, 3.05) is 37.2 Å². The number of nitro benzene ring substituents is 1. The highest BCUT2D eigenvalue weighted by Gasteiger charge is 2.32. The Morgan fingerprint density at radius 3 is 2.25 bits per heavy atom. The van der Waals surface area contributed by atoms with Crippen molar-refractivity contribution in [3.63, 3.8) is 0 Å². The lowest BCUT2D eigenvalue weighted by Gasteiger charge is -2.34. The number of rotatable bonds is 6. The van der Waals surface area contributed by atoms with Crippen LogP contribution in [0.5, 0.6) is 0 Å². The molecular weight excluding hydrogens is 460 g/mol. The molecule has 1 heterocycles. The van der Waals surface area contributed by atoms with E-state index in [1.54, 1.807) is 19.1 Å². The van der Waals surface area contributed by atoms with Crippen LogP contribution < -0.4 is 4.72 Å². The number of nitrogens with zero attached hydrogens (tertiary/aromatic N) is 3. The summed E-state index contributed by atoms with van der Waals surface area (Å²) in [6, 6.07) is 9.83. The fourth-order valence-electron chi connectivity index (χ4n) is 3.38. The Bertz CT molecular complexity index is 1270. The molecule has 0 spiro atoms. The number of amides is 1. The molecule has 1 saturated heterocycles. The van der Waals surface area contributed by atoms with Crippen LogP contribution in [0, 0.1) is 17.0 Å². The van der Waals surface area contributed by atoms with E-state index >= 15 is 0 Å². The van der Waals surface area contributed by atoms with E-state index < -0.39 is 30.9 Å². The summed E-state index contributed by atoms with van der Waals surface area (Å²) in [6.07, 6.45) is 0.980. The van der Waals surface area contributed by atoms with Crippen molar-refractivity contribution < 1.29 is 26.6 Å². The van der Waals surface area contributed by atoms with Crippen molar-refractivity contribution in [1.29, 1.82) is 0 Å². The van der Waals surface area contributed by atoms with Crippen LogP contribution in [0.2, 0.25) is 0 Å². The first-order valence-corrected chi connectivity index (χ1v) is 12.8. The van der Waals surface area contributed by atoms with Gasteiger partial charge in [0.2, 0.25) is 20.0 Å². The van der Waals surface area contributed by atoms with Gasteiger partial charge in [-0.1, -0.05) is 18.2 Å². The number of carbonyl (C=O) groups is 1. The largest absolute Gasteiger partial charge is 0.336 e. The lowest BCUT2D eigenvalue weighted by Crippen LogP contribution is -2.50. The molecule has 0 aliphatic carbocycles. The number of aryl methyl sites for hydroxylation is 1. The highest BCUT2D eigenvalue weighted by molar-refractivity contribution is 7.92. The van der Waals surface area contributed by atoms with Crippen LogP contribution in [0.25, 0.3) is 0 Å². The molecular formula is C19H22N4O7S2. The van der Waals surface area contributed by atoms with Gasteiger partial charge >= 0.3 is 0 Å². The third kappa shape index (κ3) is 5.06. The maximum Gasteiger partial charge on any atom is 0.270 e. The van der Waals surface area contributed by atoms with Crippen molar-refractivity contribution in [2.24, 2.45) is 0 Å². The van der Waals surface area contributed by atoms with Gasteiger partial charge < -0.3 is 4.90 Å². The Labute approximate surface area is 185 Å². The van der Waals surface area contributed by atoms with E-state index in [2.05, 4.69) is 4.72 Å². The Morgan fingerprint density at radius 2 is 1.66 bits per heavy atom. The smallest absolute Gasteiger partial charge is 0.270 e. The molecule has 0 unspecified atom stereocenters. The lowest BCUT2D eigenvalue weighted by molar-refractivity contribution is -0.385. The molecule has 0 radical (unpaired) electrons. The van der Waals surface area contributed by atoms with Crippen molar-refractivity contribution in [1.82, 2.24) is 9.21 Å². The summed E-state index contributed by atoms with van der Waals surface area (Å²) >= 11 is 0. The molecule has 0 bridgehead atoms. The maximum absolute atomic E-state index is 13.1. The summed E-state index contributed by atoms with van der Waals surface area (Å²) in [4.78, 5) is 24.6. The predicted molar refractivity (Wildman–Crippen MR) is 117 cm³/mol. The summed E-state index contributed by atoms with van der Waals surface area (Å²) in [5.41, 5.74) is 0.360. The number of nitro groups is 1. The Kier molecular flexibility index (Phi) is 6.53. The summed E-state index contributed by atoms with van der Waals surface area (Å²) in [6.45, 7) is 1.72. The van der Waals surface area contributed by atoms with E-state index in [4.69, 9.17) is 0 Å². The lowest BCUT2D eigenvalue weighted by atomic mass is 10.1. The zero-order valence-corrected chi connectivity index (χ0v) is 19.0. The number of hydrogen-bond donors (Lipinski definition) is 1. The second-order valence-electron chi connectivity index (χ2n) is 7.32. The Balaban J connectivity index is 1.78. The van der Waals surface area contributed by atoms with E-state index in [0.717, 1.165) is 12.3 Å². The monoisotopic (exact) mass is 482 g/mol. The van der Waals surface area contributed by atoms with Crippen molar-refractivity contribution in [2.45, 2.75) is 11.8 Å². The molecule has 172 valence electrons. The van der Waals surface area contributed by atoms with Gasteiger partial charge in [-0.15, -0.1) is 0 Å². The molecule has 11 nitrogen and oxygen atoms in total. The van der Waals surface area contributed by atoms with Crippen LogP contribution in [-0.2, 0) is 20.0 Å². The van der Waals surface area contributed by atoms with E-state index in [-0.39, 0.29) is 48.0 Å². The van der Waals surface area contributed by atoms with Crippen LogP contribution in [0.1, 0.15) is 15.9 Å². The number of nitrogens with one attached hydrogen (secondary N) is 1. The third-order valence-electron chi connectivity index (χ3n) is 4.98. The van der Waals surface area contributed by atoms with Gasteiger partial charge in [0.05, 0.1) is 27.3 Å². The first kappa shape index (κ1) is 23.6. The average molecular weight is 483 g/mol. The molecule has 1 aliphatic rings. The Morgan fingerprint density at radius 1 is 1.03 bits per heavy atom. The average Bonchev–Trinajstić information content (AvgIpc) is 2.72. The van der Waals surface area contributed by atoms with Crippen LogP contribution in [0.4, 0.5) is 11.4 Å². The van der Waals surface area contributed by atoms with Crippen LogP contribution in [0.15, 0.2) is 47.4 Å². The number of piperazine rings is 1. The third-order valence-corrected chi connectivity index (χ3v) is 7.61. The van der Waals surface area contributed by atoms with Gasteiger partial charge in [-0.25, -0.2) is 16.8 Å². The molecule has 1 aliphatic heterocycles. The molecule has 1 N–H and O–H groups in total. The number of hydrogen-bond acceptors (Lipinski definition) is 7. The quantitative estimate of drug-likeness (QED) is 0.484. The van der Waals surface area contributed by atoms with Crippen molar-refractivity contribution in [3.05, 3.63) is 63.7 Å². The normalized spacial score (nSPS) is 15.4. The van der Waals surface area contributed by atoms with E-state index in [9.17, 15) is 31.7 Å². The van der Waals surface area contributed by atoms with Gasteiger partial charge in [-0.3, -0.25) is 19.6 Å². The molecule has 1 fully saturated rings. The van der Waals surface area contributed by atoms with E-state index in [0.29, 0.717) is 5.56 Å². The minimum Gasteiger partial charge on any atom is -0.336 e. The van der Waals surface area contributed by atoms with Gasteiger partial charge in [0.25, 0.3) is 11.6 Å². The fraction of sp³-hybridized carbons (Fsp3) is 0.316. The van der Waals surface area contributed by atoms with Gasteiger partial charge in [-0.05, 0) is 24.6 Å². The standard InChI is InChI=1S/C19H22N4O7S2/c1-14-7-8-15(23(25)26)13-18(14)32(29,30)22-11-9-21(10-12-22)19(24)16-5-3-4-6-17(16)20-31(2,27)28/h3-8,13,20H,9-12H2,1-2H3. The van der Waals surface area contributed by atoms with Crippen LogP contribution >= 0.6 is 0 Å². The minimum atomic E-state index is -4.00. The number of benzene rings is 2. The molecule has 0 atom stereocenters. The minimum absolute atomic E-state index is 0.00211. The van der Waals surface area contributed by atoms with E-state index in [1.165, 1.54) is 33.5 Å². The summed E-state index contributed by atoms with van der Waals surface area (Å²) in [7, 11) is -7.59.